The Kier molecular flexibility index (Phi) is 4.25. The standard InChI is InChI=1S/C17H16N4O/c22-17(20-12-9-13-5-1-2-10-18-13)21-16-8-3-7-15-14(16)6-4-11-19-15/h1-8,10-11H,9,12H2,(H2,20,21,22). The van der Waals surface area contributed by atoms with E-state index in [1.54, 1.807) is 12.4 Å². The molecule has 2 heterocycles. The Balaban J connectivity index is 1.59. The topological polar surface area (TPSA) is 66.9 Å². The van der Waals surface area contributed by atoms with E-state index in [9.17, 15) is 4.79 Å². The molecular weight excluding hydrogens is 276 g/mol. The van der Waals surface area contributed by atoms with Gasteiger partial charge in [0.25, 0.3) is 0 Å². The second-order valence-corrected chi connectivity index (χ2v) is 4.83. The van der Waals surface area contributed by atoms with Gasteiger partial charge in [-0.2, -0.15) is 0 Å². The number of carbonyl (C=O) groups excluding carboxylic acids is 1. The van der Waals surface area contributed by atoms with Crippen molar-refractivity contribution in [3.63, 3.8) is 0 Å². The number of urea groups is 1. The second kappa shape index (κ2) is 6.67. The maximum absolute atomic E-state index is 12.0. The summed E-state index contributed by atoms with van der Waals surface area (Å²) in [5, 5.41) is 6.62. The normalized spacial score (nSPS) is 10.4. The number of fused-ring (bicyclic) bond motifs is 1. The number of nitrogens with zero attached hydrogens (tertiary/aromatic N) is 2. The Labute approximate surface area is 128 Å². The van der Waals surface area contributed by atoms with Gasteiger partial charge >= 0.3 is 6.03 Å². The molecule has 0 aliphatic carbocycles. The van der Waals surface area contributed by atoms with Gasteiger partial charge in [-0.3, -0.25) is 9.97 Å². The van der Waals surface area contributed by atoms with Gasteiger partial charge in [-0.05, 0) is 36.4 Å². The SMILES string of the molecule is O=C(NCCc1ccccn1)Nc1cccc2ncccc12. The summed E-state index contributed by atoms with van der Waals surface area (Å²) >= 11 is 0. The Morgan fingerprint density at radius 3 is 2.73 bits per heavy atom. The zero-order valence-corrected chi connectivity index (χ0v) is 12.0. The molecule has 0 aliphatic rings. The van der Waals surface area contributed by atoms with Crippen LogP contribution >= 0.6 is 0 Å². The third-order valence-corrected chi connectivity index (χ3v) is 3.29. The molecule has 0 saturated carbocycles. The fourth-order valence-corrected chi connectivity index (χ4v) is 2.23. The molecule has 0 spiro atoms. The number of benzene rings is 1. The molecule has 0 aliphatic heterocycles. The first kappa shape index (κ1) is 14.0. The lowest BCUT2D eigenvalue weighted by Crippen LogP contribution is -2.30. The van der Waals surface area contributed by atoms with Crippen molar-refractivity contribution in [3.05, 3.63) is 66.6 Å². The molecule has 110 valence electrons. The first-order valence-corrected chi connectivity index (χ1v) is 7.11. The lowest BCUT2D eigenvalue weighted by atomic mass is 10.2. The molecule has 2 amide bonds. The Morgan fingerprint density at radius 2 is 1.86 bits per heavy atom. The summed E-state index contributed by atoms with van der Waals surface area (Å²) in [6.45, 7) is 0.534. The van der Waals surface area contributed by atoms with Crippen molar-refractivity contribution in [2.75, 3.05) is 11.9 Å². The number of aromatic nitrogens is 2. The zero-order valence-electron chi connectivity index (χ0n) is 12.0. The molecule has 0 atom stereocenters. The number of hydrogen-bond donors (Lipinski definition) is 2. The van der Waals surface area contributed by atoms with E-state index in [0.717, 1.165) is 22.3 Å². The van der Waals surface area contributed by atoms with Crippen molar-refractivity contribution in [3.8, 4) is 0 Å². The fraction of sp³-hybridized carbons (Fsp3) is 0.118. The highest BCUT2D eigenvalue weighted by molar-refractivity contribution is 6.00. The number of anilines is 1. The highest BCUT2D eigenvalue weighted by Gasteiger charge is 2.05. The van der Waals surface area contributed by atoms with Crippen LogP contribution in [-0.2, 0) is 6.42 Å². The van der Waals surface area contributed by atoms with Crippen LogP contribution in [0.2, 0.25) is 0 Å². The summed E-state index contributed by atoms with van der Waals surface area (Å²) in [5.74, 6) is 0. The van der Waals surface area contributed by atoms with Crippen LogP contribution in [0.5, 0.6) is 0 Å². The van der Waals surface area contributed by atoms with Crippen LogP contribution in [0.4, 0.5) is 10.5 Å². The molecule has 3 rings (SSSR count). The molecule has 0 bridgehead atoms. The summed E-state index contributed by atoms with van der Waals surface area (Å²) in [4.78, 5) is 20.5. The van der Waals surface area contributed by atoms with Crippen molar-refractivity contribution in [2.24, 2.45) is 0 Å². The number of carbonyl (C=O) groups is 1. The van der Waals surface area contributed by atoms with Crippen LogP contribution in [0.15, 0.2) is 60.9 Å². The van der Waals surface area contributed by atoms with E-state index in [0.29, 0.717) is 13.0 Å². The van der Waals surface area contributed by atoms with Crippen LogP contribution in [0.25, 0.3) is 10.9 Å². The number of rotatable bonds is 4. The summed E-state index contributed by atoms with van der Waals surface area (Å²) in [6, 6.07) is 15.0. The highest BCUT2D eigenvalue weighted by Crippen LogP contribution is 2.20. The molecular formula is C17H16N4O. The summed E-state index contributed by atoms with van der Waals surface area (Å²) in [6.07, 6.45) is 4.18. The van der Waals surface area contributed by atoms with Gasteiger partial charge in [0, 0.05) is 36.4 Å². The molecule has 22 heavy (non-hydrogen) atoms. The Morgan fingerprint density at radius 1 is 0.955 bits per heavy atom. The smallest absolute Gasteiger partial charge is 0.319 e. The first-order chi connectivity index (χ1) is 10.8. The van der Waals surface area contributed by atoms with Crippen LogP contribution in [0, 0.1) is 0 Å². The van der Waals surface area contributed by atoms with E-state index in [4.69, 9.17) is 0 Å². The Bertz CT molecular complexity index is 768. The predicted molar refractivity (Wildman–Crippen MR) is 86.7 cm³/mol. The maximum atomic E-state index is 12.0. The average Bonchev–Trinajstić information content (AvgIpc) is 2.56. The van der Waals surface area contributed by atoms with Crippen molar-refractivity contribution >= 4 is 22.6 Å². The zero-order chi connectivity index (χ0) is 15.2. The van der Waals surface area contributed by atoms with Crippen LogP contribution in [-0.4, -0.2) is 22.5 Å². The molecule has 0 saturated heterocycles. The molecule has 2 N–H and O–H groups in total. The maximum Gasteiger partial charge on any atom is 0.319 e. The number of hydrogen-bond acceptors (Lipinski definition) is 3. The van der Waals surface area contributed by atoms with Crippen molar-refractivity contribution in [1.82, 2.24) is 15.3 Å². The van der Waals surface area contributed by atoms with Gasteiger partial charge in [-0.1, -0.05) is 12.1 Å². The van der Waals surface area contributed by atoms with E-state index >= 15 is 0 Å². The molecule has 2 aromatic heterocycles. The number of amides is 2. The van der Waals surface area contributed by atoms with E-state index in [2.05, 4.69) is 20.6 Å². The second-order valence-electron chi connectivity index (χ2n) is 4.83. The predicted octanol–water partition coefficient (Wildman–Crippen LogP) is 2.99. The number of nitrogens with one attached hydrogen (secondary N) is 2. The first-order valence-electron chi connectivity index (χ1n) is 7.11. The molecule has 5 nitrogen and oxygen atoms in total. The summed E-state index contributed by atoms with van der Waals surface area (Å²) in [7, 11) is 0. The molecule has 1 aromatic carbocycles. The minimum Gasteiger partial charge on any atom is -0.337 e. The minimum atomic E-state index is -0.229. The van der Waals surface area contributed by atoms with Crippen molar-refractivity contribution < 1.29 is 4.79 Å². The quantitative estimate of drug-likeness (QED) is 0.777. The van der Waals surface area contributed by atoms with Gasteiger partial charge in [0.2, 0.25) is 0 Å². The van der Waals surface area contributed by atoms with Gasteiger partial charge in [0.15, 0.2) is 0 Å². The van der Waals surface area contributed by atoms with Crippen LogP contribution < -0.4 is 10.6 Å². The van der Waals surface area contributed by atoms with E-state index in [1.165, 1.54) is 0 Å². The lowest BCUT2D eigenvalue weighted by molar-refractivity contribution is 0.252. The minimum absolute atomic E-state index is 0.229. The summed E-state index contributed by atoms with van der Waals surface area (Å²) in [5.41, 5.74) is 2.56. The van der Waals surface area contributed by atoms with Gasteiger partial charge in [0.1, 0.15) is 0 Å². The lowest BCUT2D eigenvalue weighted by Gasteiger charge is -2.09. The third-order valence-electron chi connectivity index (χ3n) is 3.29. The van der Waals surface area contributed by atoms with Gasteiger partial charge in [-0.25, -0.2) is 4.79 Å². The van der Waals surface area contributed by atoms with E-state index in [1.807, 2.05) is 48.5 Å². The Hall–Kier alpha value is -2.95. The highest BCUT2D eigenvalue weighted by atomic mass is 16.2. The van der Waals surface area contributed by atoms with Gasteiger partial charge in [0.05, 0.1) is 11.2 Å². The molecule has 3 aromatic rings. The number of pyridine rings is 2. The van der Waals surface area contributed by atoms with Crippen LogP contribution in [0.1, 0.15) is 5.69 Å². The van der Waals surface area contributed by atoms with Crippen molar-refractivity contribution in [1.29, 1.82) is 0 Å². The molecule has 0 fully saturated rings. The monoisotopic (exact) mass is 292 g/mol. The van der Waals surface area contributed by atoms with Gasteiger partial charge < -0.3 is 10.6 Å². The van der Waals surface area contributed by atoms with Gasteiger partial charge in [-0.15, -0.1) is 0 Å². The van der Waals surface area contributed by atoms with E-state index in [-0.39, 0.29) is 6.03 Å². The average molecular weight is 292 g/mol. The molecule has 0 radical (unpaired) electrons. The fourth-order valence-electron chi connectivity index (χ4n) is 2.23. The molecule has 5 heteroatoms. The molecule has 0 unspecified atom stereocenters. The third kappa shape index (κ3) is 3.38. The van der Waals surface area contributed by atoms with E-state index < -0.39 is 0 Å². The van der Waals surface area contributed by atoms with Crippen molar-refractivity contribution in [2.45, 2.75) is 6.42 Å². The van der Waals surface area contributed by atoms with Crippen LogP contribution in [0.3, 0.4) is 0 Å². The largest absolute Gasteiger partial charge is 0.337 e. The summed E-state index contributed by atoms with van der Waals surface area (Å²) < 4.78 is 0.